The predicted molar refractivity (Wildman–Crippen MR) is 93.0 cm³/mol. The van der Waals surface area contributed by atoms with E-state index in [0.717, 1.165) is 30.4 Å². The molecule has 0 spiro atoms. The van der Waals surface area contributed by atoms with Gasteiger partial charge in [0.05, 0.1) is 11.8 Å². The minimum absolute atomic E-state index is 0.116. The number of piperidine rings is 1. The Morgan fingerprint density at radius 1 is 1.22 bits per heavy atom. The summed E-state index contributed by atoms with van der Waals surface area (Å²) in [5.74, 6) is 0.711. The van der Waals surface area contributed by atoms with Gasteiger partial charge in [0.2, 0.25) is 0 Å². The van der Waals surface area contributed by atoms with Crippen LogP contribution in [0.4, 0.5) is 11.4 Å². The van der Waals surface area contributed by atoms with Crippen molar-refractivity contribution in [3.63, 3.8) is 0 Å². The second-order valence-corrected chi connectivity index (χ2v) is 6.44. The fraction of sp³-hybridized carbons (Fsp3) is 0.444. The molecular weight excluding hydrogens is 288 g/mol. The van der Waals surface area contributed by atoms with Crippen LogP contribution in [0.5, 0.6) is 0 Å². The SMILES string of the molecule is Cc1c(C(=O)Nc2ccc(N3CCC(C)CC3)cc2)cnn1C. The monoisotopic (exact) mass is 312 g/mol. The number of aromatic nitrogens is 2. The molecule has 5 heteroatoms. The van der Waals surface area contributed by atoms with Gasteiger partial charge in [-0.1, -0.05) is 6.92 Å². The van der Waals surface area contributed by atoms with Crippen molar-refractivity contribution in [1.82, 2.24) is 9.78 Å². The lowest BCUT2D eigenvalue weighted by molar-refractivity contribution is 0.102. The number of nitrogens with zero attached hydrogens (tertiary/aromatic N) is 3. The number of benzene rings is 1. The van der Waals surface area contributed by atoms with Crippen molar-refractivity contribution in [3.8, 4) is 0 Å². The molecule has 0 bridgehead atoms. The third kappa shape index (κ3) is 3.38. The second-order valence-electron chi connectivity index (χ2n) is 6.44. The number of aryl methyl sites for hydroxylation is 1. The first-order chi connectivity index (χ1) is 11.0. The molecule has 1 aliphatic rings. The minimum atomic E-state index is -0.116. The van der Waals surface area contributed by atoms with Crippen LogP contribution in [-0.2, 0) is 7.05 Å². The predicted octanol–water partition coefficient (Wildman–Crippen LogP) is 3.22. The molecule has 0 atom stereocenters. The number of hydrogen-bond donors (Lipinski definition) is 1. The molecule has 1 aromatic carbocycles. The molecule has 3 rings (SSSR count). The third-order valence-corrected chi connectivity index (χ3v) is 4.75. The Morgan fingerprint density at radius 2 is 1.87 bits per heavy atom. The molecule has 2 heterocycles. The van der Waals surface area contributed by atoms with Crippen molar-refractivity contribution < 1.29 is 4.79 Å². The number of anilines is 2. The molecule has 5 nitrogen and oxygen atoms in total. The minimum Gasteiger partial charge on any atom is -0.372 e. The number of amides is 1. The third-order valence-electron chi connectivity index (χ3n) is 4.75. The average Bonchev–Trinajstić information content (AvgIpc) is 2.89. The lowest BCUT2D eigenvalue weighted by Gasteiger charge is -2.32. The van der Waals surface area contributed by atoms with E-state index in [1.807, 2.05) is 26.1 Å². The molecule has 0 radical (unpaired) electrons. The van der Waals surface area contributed by atoms with Crippen LogP contribution >= 0.6 is 0 Å². The maximum atomic E-state index is 12.3. The van der Waals surface area contributed by atoms with Gasteiger partial charge < -0.3 is 10.2 Å². The Bertz CT molecular complexity index is 682. The zero-order chi connectivity index (χ0) is 16.4. The molecule has 0 saturated carbocycles. The van der Waals surface area contributed by atoms with E-state index in [1.165, 1.54) is 18.5 Å². The van der Waals surface area contributed by atoms with Crippen LogP contribution in [0.25, 0.3) is 0 Å². The highest BCUT2D eigenvalue weighted by atomic mass is 16.1. The zero-order valence-electron chi connectivity index (χ0n) is 14.0. The topological polar surface area (TPSA) is 50.2 Å². The highest BCUT2D eigenvalue weighted by Crippen LogP contribution is 2.24. The van der Waals surface area contributed by atoms with E-state index in [1.54, 1.807) is 10.9 Å². The maximum absolute atomic E-state index is 12.3. The molecule has 1 aliphatic heterocycles. The van der Waals surface area contributed by atoms with Gasteiger partial charge in [-0.15, -0.1) is 0 Å². The zero-order valence-corrected chi connectivity index (χ0v) is 14.0. The van der Waals surface area contributed by atoms with Gasteiger partial charge in [-0.3, -0.25) is 9.48 Å². The van der Waals surface area contributed by atoms with Gasteiger partial charge in [-0.05, 0) is 49.9 Å². The Morgan fingerprint density at radius 3 is 2.43 bits per heavy atom. The highest BCUT2D eigenvalue weighted by Gasteiger charge is 2.16. The Labute approximate surface area is 137 Å². The fourth-order valence-corrected chi connectivity index (χ4v) is 2.94. The Hall–Kier alpha value is -2.30. The maximum Gasteiger partial charge on any atom is 0.259 e. The van der Waals surface area contributed by atoms with Gasteiger partial charge in [0.15, 0.2) is 0 Å². The van der Waals surface area contributed by atoms with E-state index < -0.39 is 0 Å². The molecule has 1 aromatic heterocycles. The Kier molecular flexibility index (Phi) is 4.37. The molecule has 1 fully saturated rings. The van der Waals surface area contributed by atoms with Crippen LogP contribution in [0.2, 0.25) is 0 Å². The van der Waals surface area contributed by atoms with Crippen molar-refractivity contribution in [3.05, 3.63) is 41.7 Å². The van der Waals surface area contributed by atoms with E-state index in [0.29, 0.717) is 5.56 Å². The largest absolute Gasteiger partial charge is 0.372 e. The molecule has 1 amide bonds. The van der Waals surface area contributed by atoms with E-state index in [-0.39, 0.29) is 5.91 Å². The van der Waals surface area contributed by atoms with Gasteiger partial charge in [-0.25, -0.2) is 0 Å². The van der Waals surface area contributed by atoms with Crippen LogP contribution in [0.15, 0.2) is 30.5 Å². The number of carbonyl (C=O) groups is 1. The normalized spacial score (nSPS) is 15.7. The summed E-state index contributed by atoms with van der Waals surface area (Å²) in [6.07, 6.45) is 4.10. The lowest BCUT2D eigenvalue weighted by Crippen LogP contribution is -2.32. The van der Waals surface area contributed by atoms with Crippen LogP contribution < -0.4 is 10.2 Å². The number of nitrogens with one attached hydrogen (secondary N) is 1. The molecule has 1 saturated heterocycles. The highest BCUT2D eigenvalue weighted by molar-refractivity contribution is 6.04. The summed E-state index contributed by atoms with van der Waals surface area (Å²) < 4.78 is 1.70. The summed E-state index contributed by atoms with van der Waals surface area (Å²) in [6, 6.07) is 8.11. The molecule has 0 aliphatic carbocycles. The summed E-state index contributed by atoms with van der Waals surface area (Å²) in [4.78, 5) is 14.7. The molecule has 2 aromatic rings. The van der Waals surface area contributed by atoms with E-state index in [2.05, 4.69) is 34.4 Å². The van der Waals surface area contributed by atoms with Crippen LogP contribution in [0.3, 0.4) is 0 Å². The first kappa shape index (κ1) is 15.6. The van der Waals surface area contributed by atoms with Crippen LogP contribution in [0.1, 0.15) is 35.8 Å². The standard InChI is InChI=1S/C18H24N4O/c1-13-8-10-22(11-9-13)16-6-4-15(5-7-16)20-18(23)17-12-19-21(3)14(17)2/h4-7,12-13H,8-11H2,1-3H3,(H,20,23). The molecule has 0 unspecified atom stereocenters. The summed E-state index contributed by atoms with van der Waals surface area (Å²) >= 11 is 0. The molecular formula is C18H24N4O. The smallest absolute Gasteiger partial charge is 0.259 e. The van der Waals surface area contributed by atoms with Crippen molar-refractivity contribution >= 4 is 17.3 Å². The van der Waals surface area contributed by atoms with Crippen molar-refractivity contribution in [2.45, 2.75) is 26.7 Å². The van der Waals surface area contributed by atoms with E-state index >= 15 is 0 Å². The first-order valence-corrected chi connectivity index (χ1v) is 8.19. The van der Waals surface area contributed by atoms with E-state index in [4.69, 9.17) is 0 Å². The van der Waals surface area contributed by atoms with E-state index in [9.17, 15) is 4.79 Å². The number of rotatable bonds is 3. The van der Waals surface area contributed by atoms with Crippen molar-refractivity contribution in [2.75, 3.05) is 23.3 Å². The number of carbonyl (C=O) groups excluding carboxylic acids is 1. The summed E-state index contributed by atoms with van der Waals surface area (Å²) in [5, 5.41) is 7.05. The molecule has 1 N–H and O–H groups in total. The van der Waals surface area contributed by atoms with Crippen molar-refractivity contribution in [2.24, 2.45) is 13.0 Å². The molecule has 122 valence electrons. The van der Waals surface area contributed by atoms with Crippen molar-refractivity contribution in [1.29, 1.82) is 0 Å². The van der Waals surface area contributed by atoms with Gasteiger partial charge >= 0.3 is 0 Å². The molecule has 23 heavy (non-hydrogen) atoms. The summed E-state index contributed by atoms with van der Waals surface area (Å²) in [7, 11) is 1.83. The van der Waals surface area contributed by atoms with Crippen LogP contribution in [-0.4, -0.2) is 28.8 Å². The second kappa shape index (κ2) is 6.44. The average molecular weight is 312 g/mol. The quantitative estimate of drug-likeness (QED) is 0.947. The Balaban J connectivity index is 1.65. The van der Waals surface area contributed by atoms with Gasteiger partial charge in [0.1, 0.15) is 0 Å². The van der Waals surface area contributed by atoms with Gasteiger partial charge in [0.25, 0.3) is 5.91 Å². The number of hydrogen-bond acceptors (Lipinski definition) is 3. The van der Waals surface area contributed by atoms with Gasteiger partial charge in [0, 0.05) is 37.2 Å². The van der Waals surface area contributed by atoms with Gasteiger partial charge in [-0.2, -0.15) is 5.10 Å². The fourth-order valence-electron chi connectivity index (χ4n) is 2.94. The summed E-state index contributed by atoms with van der Waals surface area (Å²) in [6.45, 7) is 6.43. The summed E-state index contributed by atoms with van der Waals surface area (Å²) in [5.41, 5.74) is 3.52. The van der Waals surface area contributed by atoms with Crippen LogP contribution in [0, 0.1) is 12.8 Å². The lowest BCUT2D eigenvalue weighted by atomic mass is 9.99. The first-order valence-electron chi connectivity index (χ1n) is 8.19.